The van der Waals surface area contributed by atoms with Gasteiger partial charge in [-0.15, -0.1) is 0 Å². The van der Waals surface area contributed by atoms with E-state index in [1.165, 1.54) is 30.5 Å². The van der Waals surface area contributed by atoms with Crippen molar-refractivity contribution in [1.82, 2.24) is 9.97 Å². The van der Waals surface area contributed by atoms with Crippen molar-refractivity contribution in [2.24, 2.45) is 4.99 Å². The molecule has 0 spiro atoms. The number of fused-ring (bicyclic) bond motifs is 1. The molecule has 1 amide bonds. The van der Waals surface area contributed by atoms with E-state index in [4.69, 9.17) is 14.2 Å². The summed E-state index contributed by atoms with van der Waals surface area (Å²) in [5, 5.41) is 13.8. The molecule has 1 aliphatic rings. The summed E-state index contributed by atoms with van der Waals surface area (Å²) in [5.41, 5.74) is 2.62. The van der Waals surface area contributed by atoms with Gasteiger partial charge in [-0.25, -0.2) is 13.8 Å². The van der Waals surface area contributed by atoms with Gasteiger partial charge in [0.25, 0.3) is 5.91 Å². The number of halogens is 2. The summed E-state index contributed by atoms with van der Waals surface area (Å²) in [6, 6.07) is 14.6. The van der Waals surface area contributed by atoms with Gasteiger partial charge in [-0.05, 0) is 49.7 Å². The number of carbonyl (C=O) groups is 1. The van der Waals surface area contributed by atoms with Crippen molar-refractivity contribution in [1.29, 1.82) is 0 Å². The van der Waals surface area contributed by atoms with Crippen LogP contribution < -0.4 is 14.8 Å². The summed E-state index contributed by atoms with van der Waals surface area (Å²) < 4.78 is 45.0. The van der Waals surface area contributed by atoms with Gasteiger partial charge in [0.15, 0.2) is 17.3 Å². The van der Waals surface area contributed by atoms with Crippen LogP contribution in [0.2, 0.25) is 0 Å². The molecule has 2 aromatic heterocycles. The average Bonchev–Trinajstić information content (AvgIpc) is 2.95. The lowest BCUT2D eigenvalue weighted by molar-refractivity contribution is -0.113. The highest BCUT2D eigenvalue weighted by molar-refractivity contribution is 6.07. The highest BCUT2D eigenvalue weighted by Crippen LogP contribution is 2.34. The van der Waals surface area contributed by atoms with Gasteiger partial charge < -0.3 is 24.6 Å². The predicted molar refractivity (Wildman–Crippen MR) is 153 cm³/mol. The van der Waals surface area contributed by atoms with Crippen LogP contribution in [0.25, 0.3) is 11.0 Å². The van der Waals surface area contributed by atoms with E-state index in [9.17, 15) is 14.3 Å². The molecule has 2 unspecified atom stereocenters. The second kappa shape index (κ2) is 12.4. The SMILES string of the molecule is COCCOc1ccc2nccc(Oc3ccc(NC(=O)C4=C(C)N=C(C)C(c5ccc(F)cc5)C4O)cc3F)c2n1. The number of rotatable bonds is 9. The quantitative estimate of drug-likeness (QED) is 0.252. The Balaban J connectivity index is 1.34. The number of carbonyl (C=O) groups excluding carboxylic acids is 1. The fourth-order valence-corrected chi connectivity index (χ4v) is 4.75. The van der Waals surface area contributed by atoms with Crippen LogP contribution in [0.3, 0.4) is 0 Å². The van der Waals surface area contributed by atoms with Gasteiger partial charge in [0.1, 0.15) is 17.9 Å². The number of hydrogen-bond donors (Lipinski definition) is 2. The smallest absolute Gasteiger partial charge is 0.256 e. The number of pyridine rings is 2. The predicted octanol–water partition coefficient (Wildman–Crippen LogP) is 5.56. The molecule has 0 fully saturated rings. The van der Waals surface area contributed by atoms with Crippen molar-refractivity contribution in [2.75, 3.05) is 25.6 Å². The van der Waals surface area contributed by atoms with E-state index in [1.54, 1.807) is 51.3 Å². The molecule has 5 rings (SSSR count). The zero-order chi connectivity index (χ0) is 29.8. The number of benzene rings is 2. The Morgan fingerprint density at radius 2 is 1.79 bits per heavy atom. The molecular weight excluding hydrogens is 546 g/mol. The highest BCUT2D eigenvalue weighted by Gasteiger charge is 2.35. The van der Waals surface area contributed by atoms with Crippen molar-refractivity contribution < 1.29 is 32.9 Å². The number of nitrogens with one attached hydrogen (secondary N) is 1. The monoisotopic (exact) mass is 574 g/mol. The summed E-state index contributed by atoms with van der Waals surface area (Å²) in [4.78, 5) is 26.4. The number of aromatic nitrogens is 2. The lowest BCUT2D eigenvalue weighted by Crippen LogP contribution is -2.35. The van der Waals surface area contributed by atoms with Crippen LogP contribution in [0.4, 0.5) is 14.5 Å². The van der Waals surface area contributed by atoms with E-state index in [1.807, 2.05) is 0 Å². The largest absolute Gasteiger partial charge is 0.475 e. The number of anilines is 1. The minimum Gasteiger partial charge on any atom is -0.475 e. The average molecular weight is 575 g/mol. The van der Waals surface area contributed by atoms with Crippen molar-refractivity contribution in [2.45, 2.75) is 25.9 Å². The van der Waals surface area contributed by atoms with E-state index < -0.39 is 29.6 Å². The van der Waals surface area contributed by atoms with Gasteiger partial charge in [-0.2, -0.15) is 0 Å². The summed E-state index contributed by atoms with van der Waals surface area (Å²) >= 11 is 0. The number of hydrogen-bond acceptors (Lipinski definition) is 8. The Morgan fingerprint density at radius 1 is 1.00 bits per heavy atom. The third-order valence-electron chi connectivity index (χ3n) is 6.74. The number of methoxy groups -OCH3 is 1. The third-order valence-corrected chi connectivity index (χ3v) is 6.74. The Morgan fingerprint density at radius 3 is 2.52 bits per heavy atom. The van der Waals surface area contributed by atoms with Crippen LogP contribution in [0, 0.1) is 11.6 Å². The molecule has 4 aromatic rings. The van der Waals surface area contributed by atoms with Gasteiger partial charge in [-0.1, -0.05) is 12.1 Å². The van der Waals surface area contributed by atoms with Gasteiger partial charge >= 0.3 is 0 Å². The van der Waals surface area contributed by atoms with Gasteiger partial charge in [0, 0.05) is 48.6 Å². The number of nitrogens with zero attached hydrogens (tertiary/aromatic N) is 3. The number of allylic oxidation sites excluding steroid dienone is 1. The Kier molecular flexibility index (Phi) is 8.51. The Labute approximate surface area is 240 Å². The molecule has 2 atom stereocenters. The van der Waals surface area contributed by atoms with Crippen LogP contribution in [0.1, 0.15) is 25.3 Å². The minimum absolute atomic E-state index is 0.0357. The molecule has 0 bridgehead atoms. The lowest BCUT2D eigenvalue weighted by atomic mass is 9.82. The lowest BCUT2D eigenvalue weighted by Gasteiger charge is -2.29. The zero-order valence-corrected chi connectivity index (χ0v) is 23.1. The number of aliphatic hydroxyl groups is 1. The van der Waals surface area contributed by atoms with Gasteiger partial charge in [0.05, 0.1) is 29.7 Å². The van der Waals surface area contributed by atoms with Crippen LogP contribution >= 0.6 is 0 Å². The fourth-order valence-electron chi connectivity index (χ4n) is 4.75. The topological polar surface area (TPSA) is 115 Å². The minimum atomic E-state index is -1.24. The molecule has 2 aromatic carbocycles. The number of ether oxygens (including phenoxy) is 3. The van der Waals surface area contributed by atoms with Crippen molar-refractivity contribution in [3.63, 3.8) is 0 Å². The molecule has 11 heteroatoms. The maximum atomic E-state index is 15.2. The van der Waals surface area contributed by atoms with Crippen molar-refractivity contribution in [3.8, 4) is 17.4 Å². The van der Waals surface area contributed by atoms with E-state index in [0.29, 0.717) is 47.1 Å². The molecule has 2 N–H and O–H groups in total. The highest BCUT2D eigenvalue weighted by atomic mass is 19.1. The first-order chi connectivity index (χ1) is 20.2. The van der Waals surface area contributed by atoms with E-state index in [0.717, 1.165) is 6.07 Å². The first-order valence-electron chi connectivity index (χ1n) is 13.1. The standard InChI is InChI=1S/C31H28F2N4O5/c1-17-27(19-4-6-20(32)7-5-19)30(38)28(18(2)35-17)31(39)36-21-8-10-24(22(33)16-21)42-25-12-13-34-23-9-11-26(37-29(23)25)41-15-14-40-3/h4-13,16,27,30,38H,14-15H2,1-3H3,(H,36,39). The maximum absolute atomic E-state index is 15.2. The number of aliphatic hydroxyl groups excluding tert-OH is 1. The van der Waals surface area contributed by atoms with Crippen LogP contribution in [0.15, 0.2) is 83.1 Å². The third kappa shape index (κ3) is 6.12. The molecule has 3 heterocycles. The summed E-state index contributed by atoms with van der Waals surface area (Å²) in [6.07, 6.45) is 0.280. The van der Waals surface area contributed by atoms with E-state index in [2.05, 4.69) is 20.3 Å². The van der Waals surface area contributed by atoms with Crippen LogP contribution in [-0.2, 0) is 9.53 Å². The Bertz CT molecular complexity index is 1690. The maximum Gasteiger partial charge on any atom is 0.256 e. The van der Waals surface area contributed by atoms with Gasteiger partial charge in [-0.3, -0.25) is 14.8 Å². The first kappa shape index (κ1) is 28.8. The molecular formula is C31H28F2N4O5. The molecule has 0 saturated carbocycles. The van der Waals surface area contributed by atoms with E-state index >= 15 is 4.39 Å². The van der Waals surface area contributed by atoms with Gasteiger partial charge in [0.2, 0.25) is 5.88 Å². The second-order valence-corrected chi connectivity index (χ2v) is 9.60. The molecule has 1 aliphatic heterocycles. The normalized spacial score (nSPS) is 16.8. The number of aliphatic imine (C=N–C) groups is 1. The van der Waals surface area contributed by atoms with E-state index in [-0.39, 0.29) is 22.8 Å². The molecule has 9 nitrogen and oxygen atoms in total. The molecule has 0 saturated heterocycles. The fraction of sp³-hybridized carbons (Fsp3) is 0.226. The van der Waals surface area contributed by atoms with Crippen molar-refractivity contribution >= 4 is 28.3 Å². The van der Waals surface area contributed by atoms with Crippen molar-refractivity contribution in [3.05, 3.63) is 95.3 Å². The summed E-state index contributed by atoms with van der Waals surface area (Å²) in [6.45, 7) is 4.04. The van der Waals surface area contributed by atoms with Crippen LogP contribution in [-0.4, -0.2) is 53.1 Å². The Hall–Kier alpha value is -4.74. The summed E-state index contributed by atoms with van der Waals surface area (Å²) in [5.74, 6) is -1.93. The molecule has 0 aliphatic carbocycles. The summed E-state index contributed by atoms with van der Waals surface area (Å²) in [7, 11) is 1.57. The molecule has 216 valence electrons. The first-order valence-corrected chi connectivity index (χ1v) is 13.1. The number of amides is 1. The zero-order valence-electron chi connectivity index (χ0n) is 23.1. The molecule has 0 radical (unpaired) electrons. The molecule has 42 heavy (non-hydrogen) atoms. The van der Waals surface area contributed by atoms with Crippen LogP contribution in [0.5, 0.6) is 17.4 Å². The second-order valence-electron chi connectivity index (χ2n) is 9.60.